The van der Waals surface area contributed by atoms with E-state index in [0.717, 1.165) is 11.3 Å². The fourth-order valence-electron chi connectivity index (χ4n) is 2.69. The predicted octanol–water partition coefficient (Wildman–Crippen LogP) is 0.759. The van der Waals surface area contributed by atoms with Gasteiger partial charge in [0, 0.05) is 24.2 Å². The van der Waals surface area contributed by atoms with Crippen molar-refractivity contribution < 1.29 is 28.3 Å². The zero-order valence-corrected chi connectivity index (χ0v) is 15.5. The van der Waals surface area contributed by atoms with Crippen molar-refractivity contribution in [3.63, 3.8) is 0 Å². The minimum atomic E-state index is -3.46. The SMILES string of the molecule is CC1(N(O)C(=O)O)C(=O)N(c2cnccn2)N=C1c1ccc(S(C)(=O)=O)cc1. The van der Waals surface area contributed by atoms with E-state index in [-0.39, 0.29) is 27.1 Å². The molecule has 11 nitrogen and oxygen atoms in total. The normalized spacial score (nSPS) is 19.5. The highest BCUT2D eigenvalue weighted by Crippen LogP contribution is 2.32. The number of carboxylic acid groups (broad SMARTS) is 1. The number of sulfone groups is 1. The molecule has 1 aliphatic rings. The van der Waals surface area contributed by atoms with Gasteiger partial charge in [0.15, 0.2) is 21.2 Å². The summed E-state index contributed by atoms with van der Waals surface area (Å²) in [6.45, 7) is 1.18. The van der Waals surface area contributed by atoms with Gasteiger partial charge in [0.05, 0.1) is 11.1 Å². The van der Waals surface area contributed by atoms with Crippen molar-refractivity contribution in [1.29, 1.82) is 0 Å². The summed E-state index contributed by atoms with van der Waals surface area (Å²) in [6, 6.07) is 5.34. The molecule has 2 N–H and O–H groups in total. The summed E-state index contributed by atoms with van der Waals surface area (Å²) in [5, 5.41) is 24.2. The number of benzene rings is 1. The first-order valence-electron chi connectivity index (χ1n) is 7.79. The third kappa shape index (κ3) is 3.08. The quantitative estimate of drug-likeness (QED) is 0.558. The van der Waals surface area contributed by atoms with Crippen LogP contribution in [0.3, 0.4) is 0 Å². The molecule has 3 rings (SSSR count). The number of hydrazone groups is 1. The largest absolute Gasteiger partial charge is 0.463 e. The average Bonchev–Trinajstić information content (AvgIpc) is 2.93. The maximum absolute atomic E-state index is 13.0. The highest BCUT2D eigenvalue weighted by Gasteiger charge is 2.55. The zero-order valence-electron chi connectivity index (χ0n) is 14.7. The zero-order chi connectivity index (χ0) is 20.7. The predicted molar refractivity (Wildman–Crippen MR) is 95.7 cm³/mol. The Kier molecular flexibility index (Phi) is 4.61. The van der Waals surface area contributed by atoms with E-state index < -0.39 is 27.4 Å². The van der Waals surface area contributed by atoms with Gasteiger partial charge in [-0.3, -0.25) is 15.0 Å². The van der Waals surface area contributed by atoms with Crippen molar-refractivity contribution in [2.45, 2.75) is 17.4 Å². The standard InChI is InChI=1S/C16H15N5O6S/c1-16(21(25)15(23)24)13(10-3-5-11(6-4-10)28(2,26)27)19-20(14(16)22)12-9-17-7-8-18-12/h3-9,25H,1-2H3,(H,23,24). The van der Waals surface area contributed by atoms with E-state index in [1.807, 2.05) is 0 Å². The van der Waals surface area contributed by atoms with Crippen molar-refractivity contribution in [3.8, 4) is 0 Å². The minimum Gasteiger partial charge on any atom is -0.463 e. The van der Waals surface area contributed by atoms with Crippen LogP contribution < -0.4 is 5.01 Å². The number of nitrogens with zero attached hydrogens (tertiary/aromatic N) is 5. The molecule has 28 heavy (non-hydrogen) atoms. The summed E-state index contributed by atoms with van der Waals surface area (Å²) in [5.41, 5.74) is -1.95. The summed E-state index contributed by atoms with van der Waals surface area (Å²) >= 11 is 0. The van der Waals surface area contributed by atoms with Crippen LogP contribution in [0.25, 0.3) is 0 Å². The van der Waals surface area contributed by atoms with Gasteiger partial charge in [-0.25, -0.2) is 18.2 Å². The number of anilines is 1. The van der Waals surface area contributed by atoms with Crippen molar-refractivity contribution >= 4 is 33.4 Å². The maximum Gasteiger partial charge on any atom is 0.432 e. The van der Waals surface area contributed by atoms with E-state index in [0.29, 0.717) is 0 Å². The third-order valence-corrected chi connectivity index (χ3v) is 5.33. The summed E-state index contributed by atoms with van der Waals surface area (Å²) in [7, 11) is -3.46. The molecule has 0 radical (unpaired) electrons. The molecule has 0 saturated carbocycles. The van der Waals surface area contributed by atoms with Crippen LogP contribution in [-0.2, 0) is 14.6 Å². The van der Waals surface area contributed by atoms with Gasteiger partial charge >= 0.3 is 6.09 Å². The van der Waals surface area contributed by atoms with Gasteiger partial charge in [0.2, 0.25) is 0 Å². The van der Waals surface area contributed by atoms with Crippen molar-refractivity contribution in [3.05, 3.63) is 48.4 Å². The Balaban J connectivity index is 2.15. The smallest absolute Gasteiger partial charge is 0.432 e. The van der Waals surface area contributed by atoms with Crippen LogP contribution in [0.15, 0.2) is 52.9 Å². The van der Waals surface area contributed by atoms with Gasteiger partial charge in [-0.1, -0.05) is 12.1 Å². The molecule has 12 heteroatoms. The van der Waals surface area contributed by atoms with Crippen LogP contribution in [0.1, 0.15) is 12.5 Å². The fourth-order valence-corrected chi connectivity index (χ4v) is 3.32. The van der Waals surface area contributed by atoms with E-state index in [4.69, 9.17) is 0 Å². The Morgan fingerprint density at radius 1 is 1.21 bits per heavy atom. The molecule has 0 fully saturated rings. The molecule has 2 amide bonds. The molecule has 1 aromatic carbocycles. The Morgan fingerprint density at radius 2 is 1.86 bits per heavy atom. The summed E-state index contributed by atoms with van der Waals surface area (Å²) < 4.78 is 23.3. The molecule has 0 saturated heterocycles. The molecule has 1 atom stereocenters. The number of carbonyl (C=O) groups excluding carboxylic acids is 1. The van der Waals surface area contributed by atoms with Crippen LogP contribution in [0.2, 0.25) is 0 Å². The van der Waals surface area contributed by atoms with Crippen molar-refractivity contribution in [1.82, 2.24) is 15.0 Å². The van der Waals surface area contributed by atoms with Crippen LogP contribution >= 0.6 is 0 Å². The maximum atomic E-state index is 13.0. The second-order valence-electron chi connectivity index (χ2n) is 6.09. The first-order chi connectivity index (χ1) is 13.1. The second kappa shape index (κ2) is 6.65. The monoisotopic (exact) mass is 405 g/mol. The van der Waals surface area contributed by atoms with E-state index in [1.165, 1.54) is 49.8 Å². The summed E-state index contributed by atoms with van der Waals surface area (Å²) in [5.74, 6) is -0.847. The average molecular weight is 405 g/mol. The summed E-state index contributed by atoms with van der Waals surface area (Å²) in [4.78, 5) is 32.2. The number of amides is 2. The second-order valence-corrected chi connectivity index (χ2v) is 8.11. The highest BCUT2D eigenvalue weighted by molar-refractivity contribution is 7.90. The van der Waals surface area contributed by atoms with E-state index >= 15 is 0 Å². The van der Waals surface area contributed by atoms with Crippen LogP contribution in [-0.4, -0.2) is 63.3 Å². The number of hydrogen-bond acceptors (Lipinski definition) is 8. The van der Waals surface area contributed by atoms with E-state index in [2.05, 4.69) is 15.1 Å². The lowest BCUT2D eigenvalue weighted by Crippen LogP contribution is -2.58. The van der Waals surface area contributed by atoms with Crippen LogP contribution in [0.4, 0.5) is 10.6 Å². The molecule has 1 aliphatic heterocycles. The van der Waals surface area contributed by atoms with E-state index in [1.54, 1.807) is 0 Å². The Bertz CT molecular complexity index is 1070. The molecule has 0 bridgehead atoms. The topological polar surface area (TPSA) is 153 Å². The number of rotatable bonds is 4. The van der Waals surface area contributed by atoms with Gasteiger partial charge in [-0.05, 0) is 19.1 Å². The number of aromatic nitrogens is 2. The Morgan fingerprint density at radius 3 is 2.36 bits per heavy atom. The fraction of sp³-hybridized carbons (Fsp3) is 0.188. The van der Waals surface area contributed by atoms with E-state index in [9.17, 15) is 28.3 Å². The lowest BCUT2D eigenvalue weighted by molar-refractivity contribution is -0.146. The van der Waals surface area contributed by atoms with Crippen molar-refractivity contribution in [2.24, 2.45) is 5.10 Å². The first-order valence-corrected chi connectivity index (χ1v) is 9.68. The van der Waals surface area contributed by atoms with Gasteiger partial charge < -0.3 is 5.11 Å². The molecule has 1 unspecified atom stereocenters. The molecule has 2 heterocycles. The molecular formula is C16H15N5O6S. The molecule has 2 aromatic rings. The Labute approximate surface area is 159 Å². The molecular weight excluding hydrogens is 390 g/mol. The van der Waals surface area contributed by atoms with Gasteiger partial charge in [0.1, 0.15) is 5.71 Å². The van der Waals surface area contributed by atoms with Crippen molar-refractivity contribution in [2.75, 3.05) is 11.3 Å². The van der Waals surface area contributed by atoms with Crippen LogP contribution in [0.5, 0.6) is 0 Å². The number of hydrogen-bond donors (Lipinski definition) is 2. The number of hydroxylamine groups is 2. The van der Waals surface area contributed by atoms with Crippen LogP contribution in [0, 0.1) is 0 Å². The van der Waals surface area contributed by atoms with Gasteiger partial charge in [-0.15, -0.1) is 0 Å². The molecule has 0 aliphatic carbocycles. The lowest BCUT2D eigenvalue weighted by Gasteiger charge is -2.30. The van der Waals surface area contributed by atoms with Gasteiger partial charge in [0.25, 0.3) is 5.91 Å². The molecule has 1 aromatic heterocycles. The van der Waals surface area contributed by atoms with Gasteiger partial charge in [-0.2, -0.15) is 15.2 Å². The highest BCUT2D eigenvalue weighted by atomic mass is 32.2. The number of carbonyl (C=O) groups is 2. The summed E-state index contributed by atoms with van der Waals surface area (Å²) in [6.07, 6.45) is 3.23. The minimum absolute atomic E-state index is 0.0280. The first kappa shape index (κ1) is 19.4. The molecule has 146 valence electrons. The lowest BCUT2D eigenvalue weighted by atomic mass is 9.90. The third-order valence-electron chi connectivity index (χ3n) is 4.20. The molecule has 0 spiro atoms. The Hall–Kier alpha value is -3.38.